The fourth-order valence-corrected chi connectivity index (χ4v) is 8.43. The number of carbonyl (C=O) groups is 3. The van der Waals surface area contributed by atoms with Crippen molar-refractivity contribution < 1.29 is 14.4 Å². The van der Waals surface area contributed by atoms with Gasteiger partial charge >= 0.3 is 0 Å². The molecule has 252 valence electrons. The van der Waals surface area contributed by atoms with Crippen LogP contribution in [0.5, 0.6) is 0 Å². The maximum Gasteiger partial charge on any atom is 0.282 e. The summed E-state index contributed by atoms with van der Waals surface area (Å²) in [6.45, 7) is 5.26. The number of imide groups is 1. The Bertz CT molecular complexity index is 1760. The summed E-state index contributed by atoms with van der Waals surface area (Å²) in [5, 5.41) is 10.1. The van der Waals surface area contributed by atoms with Gasteiger partial charge in [-0.1, -0.05) is 24.3 Å². The largest absolute Gasteiger partial charge is 0.379 e. The van der Waals surface area contributed by atoms with E-state index in [0.29, 0.717) is 28.9 Å². The lowest BCUT2D eigenvalue weighted by Gasteiger charge is -2.55. The van der Waals surface area contributed by atoms with E-state index < -0.39 is 0 Å². The Morgan fingerprint density at radius 3 is 2.33 bits per heavy atom. The number of anilines is 2. The van der Waals surface area contributed by atoms with Gasteiger partial charge in [-0.25, -0.2) is 4.68 Å². The number of halogens is 1. The zero-order chi connectivity index (χ0) is 33.6. The number of hydrogen-bond donors (Lipinski definition) is 2. The third-order valence-corrected chi connectivity index (χ3v) is 11.5. The highest BCUT2D eigenvalue weighted by molar-refractivity contribution is 9.10. The number of hydrogen-bond acceptors (Lipinski definition) is 8. The summed E-state index contributed by atoms with van der Waals surface area (Å²) in [7, 11) is 3.75. The molecule has 4 saturated heterocycles. The number of nitrogens with one attached hydrogen (secondary N) is 2. The van der Waals surface area contributed by atoms with Gasteiger partial charge in [-0.3, -0.25) is 24.5 Å². The Labute approximate surface area is 288 Å². The number of likely N-dealkylation sites (N-methyl/N-ethyl adjacent to an activating group) is 1. The standard InChI is InChI=1S/C36H42BrN7O4/c1-41-19-26(17-27(20-41)39-30-18-38-42(2)35(48)32(30)37)23-3-5-25(6-4-23)34(47)43-15-13-36(14-16-43)21-44(22-36)28-9-7-24(8-10-28)29-11-12-31(45)40-33(29)46/h3-10,18,26-27,29,39H,11-17,19-22H2,1-2H3,(H,40,45,46)/t26-,27+,29?/m1/s1. The summed E-state index contributed by atoms with van der Waals surface area (Å²) in [6, 6.07) is 16.5. The summed E-state index contributed by atoms with van der Waals surface area (Å²) in [5.41, 5.74) is 4.82. The van der Waals surface area contributed by atoms with Crippen LogP contribution >= 0.6 is 15.9 Å². The molecule has 4 fully saturated rings. The number of rotatable bonds is 6. The van der Waals surface area contributed by atoms with E-state index in [1.807, 2.05) is 29.2 Å². The first-order valence-corrected chi connectivity index (χ1v) is 17.6. The summed E-state index contributed by atoms with van der Waals surface area (Å²) in [6.07, 6.45) is 5.52. The van der Waals surface area contributed by atoms with Crippen LogP contribution in [0, 0.1) is 5.41 Å². The highest BCUT2D eigenvalue weighted by atomic mass is 79.9. The zero-order valence-electron chi connectivity index (χ0n) is 27.5. The van der Waals surface area contributed by atoms with Crippen LogP contribution in [0.1, 0.15) is 65.4 Å². The Balaban J connectivity index is 0.907. The Kier molecular flexibility index (Phi) is 8.88. The van der Waals surface area contributed by atoms with Crippen molar-refractivity contribution in [1.29, 1.82) is 0 Å². The van der Waals surface area contributed by atoms with Gasteiger partial charge in [0, 0.05) is 75.4 Å². The maximum absolute atomic E-state index is 13.5. The average molecular weight is 717 g/mol. The third-order valence-electron chi connectivity index (χ3n) is 10.8. The number of amides is 3. The first-order chi connectivity index (χ1) is 23.1. The third kappa shape index (κ3) is 6.52. The van der Waals surface area contributed by atoms with E-state index in [0.717, 1.165) is 75.3 Å². The van der Waals surface area contributed by atoms with Crippen LogP contribution in [0.3, 0.4) is 0 Å². The summed E-state index contributed by atoms with van der Waals surface area (Å²) in [4.78, 5) is 56.2. The van der Waals surface area contributed by atoms with Gasteiger partial charge in [-0.05, 0) is 90.0 Å². The Morgan fingerprint density at radius 2 is 1.65 bits per heavy atom. The summed E-state index contributed by atoms with van der Waals surface area (Å²) in [5.74, 6) is -0.263. The minimum Gasteiger partial charge on any atom is -0.379 e. The summed E-state index contributed by atoms with van der Waals surface area (Å²) < 4.78 is 1.80. The predicted molar refractivity (Wildman–Crippen MR) is 187 cm³/mol. The van der Waals surface area contributed by atoms with E-state index in [-0.39, 0.29) is 40.7 Å². The molecule has 3 atom stereocenters. The van der Waals surface area contributed by atoms with Crippen LogP contribution in [0.15, 0.2) is 64.0 Å². The molecule has 4 aliphatic heterocycles. The second-order valence-electron chi connectivity index (χ2n) is 14.2. The highest BCUT2D eigenvalue weighted by Crippen LogP contribution is 2.43. The quantitative estimate of drug-likeness (QED) is 0.371. The van der Waals surface area contributed by atoms with Gasteiger partial charge in [0.1, 0.15) is 4.47 Å². The van der Waals surface area contributed by atoms with E-state index in [1.54, 1.807) is 13.2 Å². The first kappa shape index (κ1) is 32.5. The minimum absolute atomic E-state index is 0.0972. The molecule has 5 heterocycles. The average Bonchev–Trinajstić information content (AvgIpc) is 3.07. The molecule has 2 N–H and O–H groups in total. The fourth-order valence-electron chi connectivity index (χ4n) is 7.95. The number of aromatic nitrogens is 2. The van der Waals surface area contributed by atoms with E-state index in [1.165, 1.54) is 10.2 Å². The van der Waals surface area contributed by atoms with Crippen molar-refractivity contribution in [2.45, 2.75) is 50.0 Å². The molecular weight excluding hydrogens is 674 g/mol. The SMILES string of the molecule is CN1C[C@@H](Nc2cnn(C)c(=O)c2Br)C[C@@H](c2ccc(C(=O)N3CCC4(CC3)CN(c3ccc(C5CCC(=O)NC5=O)cc3)C4)cc2)C1. The highest BCUT2D eigenvalue weighted by Gasteiger charge is 2.45. The summed E-state index contributed by atoms with van der Waals surface area (Å²) >= 11 is 3.42. The predicted octanol–water partition coefficient (Wildman–Crippen LogP) is 3.71. The molecule has 0 radical (unpaired) electrons. The van der Waals surface area contributed by atoms with Gasteiger partial charge in [0.2, 0.25) is 11.8 Å². The molecule has 48 heavy (non-hydrogen) atoms. The van der Waals surface area contributed by atoms with Gasteiger partial charge in [0.05, 0.1) is 17.8 Å². The number of likely N-dealkylation sites (tertiary alicyclic amines) is 2. The van der Waals surface area contributed by atoms with Crippen molar-refractivity contribution in [2.75, 3.05) is 56.5 Å². The monoisotopic (exact) mass is 715 g/mol. The number of aryl methyl sites for hydroxylation is 1. The molecule has 11 nitrogen and oxygen atoms in total. The molecular formula is C36H42BrN7O4. The van der Waals surface area contributed by atoms with E-state index in [4.69, 9.17) is 0 Å². The molecule has 1 aromatic heterocycles. The van der Waals surface area contributed by atoms with Crippen LogP contribution in [-0.2, 0) is 16.6 Å². The second kappa shape index (κ2) is 13.1. The van der Waals surface area contributed by atoms with Crippen molar-refractivity contribution in [2.24, 2.45) is 12.5 Å². The van der Waals surface area contributed by atoms with Crippen LogP contribution in [0.25, 0.3) is 0 Å². The van der Waals surface area contributed by atoms with E-state index in [2.05, 4.69) is 72.8 Å². The van der Waals surface area contributed by atoms with Crippen molar-refractivity contribution >= 4 is 45.0 Å². The van der Waals surface area contributed by atoms with Gasteiger partial charge in [0.25, 0.3) is 11.5 Å². The van der Waals surface area contributed by atoms with Crippen molar-refractivity contribution in [3.05, 3.63) is 86.2 Å². The van der Waals surface area contributed by atoms with Crippen LogP contribution in [-0.4, -0.2) is 89.7 Å². The van der Waals surface area contributed by atoms with Gasteiger partial charge in [0.15, 0.2) is 0 Å². The normalized spacial score (nSPS) is 24.3. The lowest BCUT2D eigenvalue weighted by Crippen LogP contribution is -2.61. The molecule has 3 amide bonds. The molecule has 4 aliphatic rings. The van der Waals surface area contributed by atoms with Crippen molar-refractivity contribution in [3.8, 4) is 0 Å². The molecule has 0 saturated carbocycles. The van der Waals surface area contributed by atoms with Gasteiger partial charge < -0.3 is 20.0 Å². The van der Waals surface area contributed by atoms with Gasteiger partial charge in [-0.15, -0.1) is 0 Å². The number of piperidine rings is 3. The first-order valence-electron chi connectivity index (χ1n) is 16.8. The Hall–Kier alpha value is -4.03. The van der Waals surface area contributed by atoms with Crippen LogP contribution < -0.4 is 21.1 Å². The van der Waals surface area contributed by atoms with Crippen molar-refractivity contribution in [3.63, 3.8) is 0 Å². The second-order valence-corrected chi connectivity index (χ2v) is 15.0. The lowest BCUT2D eigenvalue weighted by molar-refractivity contribution is -0.134. The molecule has 1 unspecified atom stereocenters. The van der Waals surface area contributed by atoms with Crippen molar-refractivity contribution in [1.82, 2.24) is 24.9 Å². The lowest BCUT2D eigenvalue weighted by atomic mass is 9.71. The molecule has 7 rings (SSSR count). The molecule has 1 spiro atoms. The fraction of sp³-hybridized carbons (Fsp3) is 0.472. The zero-order valence-corrected chi connectivity index (χ0v) is 29.0. The van der Waals surface area contributed by atoms with E-state index >= 15 is 0 Å². The smallest absolute Gasteiger partial charge is 0.282 e. The van der Waals surface area contributed by atoms with Gasteiger partial charge in [-0.2, -0.15) is 5.10 Å². The van der Waals surface area contributed by atoms with Crippen LogP contribution in [0.2, 0.25) is 0 Å². The maximum atomic E-state index is 13.5. The molecule has 0 aliphatic carbocycles. The molecule has 0 bridgehead atoms. The van der Waals surface area contributed by atoms with Crippen LogP contribution in [0.4, 0.5) is 11.4 Å². The number of carbonyl (C=O) groups excluding carboxylic acids is 3. The topological polar surface area (TPSA) is 120 Å². The Morgan fingerprint density at radius 1 is 0.958 bits per heavy atom. The molecule has 3 aromatic rings. The molecule has 12 heteroatoms. The number of nitrogens with zero attached hydrogens (tertiary/aromatic N) is 5. The minimum atomic E-state index is -0.263. The number of benzene rings is 2. The molecule has 2 aromatic carbocycles. The van der Waals surface area contributed by atoms with E-state index in [9.17, 15) is 19.2 Å².